The van der Waals surface area contributed by atoms with Crippen LogP contribution in [-0.4, -0.2) is 82.3 Å². The first-order valence-corrected chi connectivity index (χ1v) is 37.2. The lowest BCUT2D eigenvalue weighted by atomic mass is 10.0. The van der Waals surface area contributed by atoms with Gasteiger partial charge in [-0.15, -0.1) is 0 Å². The lowest BCUT2D eigenvalue weighted by Crippen LogP contribution is -2.44. The standard InChI is InChI=1S/C86H135NO8/c1-6-8-10-12-14-16-18-20-22-24-26-28-30-32-34-36-38-39-40-41-42-43-44-45-47-49-51-53-55-57-59-61-63-65-67-69-71-73-75-77-84(89)95-82(81-94-86(85(90)91)92-79-78-87(3,4)5)80-93-83(88)76-74-72-70-68-66-64-62-60-58-56-54-52-50-48-46-37-35-33-31-29-27-25-23-21-19-17-15-13-11-9-7-2/h8-11,14-17,20-23,26-29,32-35,38-39,41-42,44-46,48-49,51,55,57,61,63,82,86H,6-7,12-13,18-19,24-25,30-31,36-37,40,43,47,50,52-54,56,58-60,62,64-81H2,1-5H3/b10-8-,11-9-,16-14-,17-15-,22-20-,23-21-,28-26-,29-27-,34-32-,35-33-,39-38-,42-41-,45-44-,48-46-,51-49-,57-55-,63-61-. The van der Waals surface area contributed by atoms with Crippen LogP contribution in [0.3, 0.4) is 0 Å². The normalized spacial score (nSPS) is 13.9. The van der Waals surface area contributed by atoms with Gasteiger partial charge in [-0.05, 0) is 148 Å². The van der Waals surface area contributed by atoms with E-state index >= 15 is 0 Å². The smallest absolute Gasteiger partial charge is 0.306 e. The van der Waals surface area contributed by atoms with Crippen molar-refractivity contribution in [3.8, 4) is 0 Å². The highest BCUT2D eigenvalue weighted by molar-refractivity contribution is 5.70. The van der Waals surface area contributed by atoms with Crippen molar-refractivity contribution in [2.24, 2.45) is 0 Å². The van der Waals surface area contributed by atoms with Crippen molar-refractivity contribution >= 4 is 17.9 Å². The van der Waals surface area contributed by atoms with E-state index < -0.39 is 24.3 Å². The summed E-state index contributed by atoms with van der Waals surface area (Å²) in [4.78, 5) is 37.6. The number of hydrogen-bond acceptors (Lipinski definition) is 8. The quantitative estimate of drug-likeness (QED) is 0.0195. The summed E-state index contributed by atoms with van der Waals surface area (Å²) >= 11 is 0. The predicted octanol–water partition coefficient (Wildman–Crippen LogP) is 22.6. The van der Waals surface area contributed by atoms with E-state index in [-0.39, 0.29) is 38.6 Å². The Hall–Kier alpha value is -6.13. The first-order chi connectivity index (χ1) is 46.6. The average Bonchev–Trinajstić information content (AvgIpc) is 2.92. The summed E-state index contributed by atoms with van der Waals surface area (Å²) < 4.78 is 22.8. The topological polar surface area (TPSA) is 111 Å². The first kappa shape index (κ1) is 88.9. The molecule has 0 aliphatic heterocycles. The summed E-state index contributed by atoms with van der Waals surface area (Å²) in [6.45, 7) is 4.47. The number of carbonyl (C=O) groups excluding carboxylic acids is 3. The second-order valence-electron chi connectivity index (χ2n) is 25.1. The summed E-state index contributed by atoms with van der Waals surface area (Å²) in [5.41, 5.74) is 0. The molecule has 0 heterocycles. The Bertz CT molecular complexity index is 2320. The van der Waals surface area contributed by atoms with Crippen LogP contribution in [0.5, 0.6) is 0 Å². The van der Waals surface area contributed by atoms with E-state index in [9.17, 15) is 19.5 Å². The van der Waals surface area contributed by atoms with Gasteiger partial charge >= 0.3 is 11.9 Å². The van der Waals surface area contributed by atoms with Gasteiger partial charge in [-0.1, -0.05) is 304 Å². The molecule has 0 rings (SSSR count). The first-order valence-electron chi connectivity index (χ1n) is 37.2. The van der Waals surface area contributed by atoms with E-state index in [1.807, 2.05) is 21.1 Å². The number of carboxylic acid groups (broad SMARTS) is 1. The third-order valence-corrected chi connectivity index (χ3v) is 15.0. The SMILES string of the molecule is CC/C=C\C/C=C\C/C=C\C/C=C\C/C=C\C/C=C\C/C=C\C/C=C\C/C=C\C/C=C\C/C=C\CCCCCCCC(=O)OC(COC(=O)CCCCCCCCCCCCCC/C=C\C/C=C\C/C=C\C/C=C\C/C=C\C/C=C\CC)COC(OCC[N+](C)(C)C)C(=O)[O-]. The number of allylic oxidation sites excluding steroid dienone is 34. The highest BCUT2D eigenvalue weighted by atomic mass is 16.7. The van der Waals surface area contributed by atoms with Gasteiger partial charge in [0.1, 0.15) is 13.2 Å². The number of aliphatic carboxylic acids is 1. The number of quaternary nitrogens is 1. The molecule has 2 atom stereocenters. The molecule has 0 aromatic rings. The van der Waals surface area contributed by atoms with Crippen LogP contribution >= 0.6 is 0 Å². The molecule has 0 N–H and O–H groups in total. The van der Waals surface area contributed by atoms with Crippen molar-refractivity contribution in [3.05, 3.63) is 207 Å². The Kier molecular flexibility index (Phi) is 68.9. The fourth-order valence-corrected chi connectivity index (χ4v) is 9.43. The molecule has 0 spiro atoms. The van der Waals surface area contributed by atoms with Gasteiger partial charge in [-0.25, -0.2) is 0 Å². The molecule has 9 nitrogen and oxygen atoms in total. The molecule has 0 saturated carbocycles. The minimum atomic E-state index is -1.64. The predicted molar refractivity (Wildman–Crippen MR) is 407 cm³/mol. The fraction of sp³-hybridized carbons (Fsp3) is 0.570. The van der Waals surface area contributed by atoms with Gasteiger partial charge < -0.3 is 33.3 Å². The van der Waals surface area contributed by atoms with Gasteiger partial charge in [0, 0.05) is 12.8 Å². The number of nitrogens with zero attached hydrogens (tertiary/aromatic N) is 1. The molecule has 0 aromatic heterocycles. The molecule has 2 unspecified atom stereocenters. The molecule has 0 radical (unpaired) electrons. The number of ether oxygens (including phenoxy) is 4. The Labute approximate surface area is 582 Å². The summed E-state index contributed by atoms with van der Waals surface area (Å²) in [7, 11) is 5.91. The Morgan fingerprint density at radius 1 is 0.316 bits per heavy atom. The zero-order valence-corrected chi connectivity index (χ0v) is 60.7. The Morgan fingerprint density at radius 3 is 0.842 bits per heavy atom. The van der Waals surface area contributed by atoms with Crippen LogP contribution in [0.2, 0.25) is 0 Å². The fourth-order valence-electron chi connectivity index (χ4n) is 9.43. The van der Waals surface area contributed by atoms with Gasteiger partial charge in [0.2, 0.25) is 0 Å². The highest BCUT2D eigenvalue weighted by Gasteiger charge is 2.22. The van der Waals surface area contributed by atoms with Gasteiger partial charge in [0.05, 0.1) is 40.3 Å². The van der Waals surface area contributed by atoms with Crippen LogP contribution in [0.4, 0.5) is 0 Å². The maximum absolute atomic E-state index is 13.0. The van der Waals surface area contributed by atoms with E-state index in [1.54, 1.807) is 0 Å². The molecule has 0 fully saturated rings. The van der Waals surface area contributed by atoms with E-state index in [4.69, 9.17) is 18.9 Å². The molecule has 0 aromatic carbocycles. The summed E-state index contributed by atoms with van der Waals surface area (Å²) in [5, 5.41) is 11.8. The molecule has 0 aliphatic rings. The van der Waals surface area contributed by atoms with Crippen molar-refractivity contribution < 1.29 is 42.9 Å². The third kappa shape index (κ3) is 75.1. The molecule has 0 aliphatic carbocycles. The monoisotopic (exact) mass is 1310 g/mol. The lowest BCUT2D eigenvalue weighted by Gasteiger charge is -2.26. The number of likely N-dealkylation sites (N-methyl/N-ethyl adjacent to an activating group) is 1. The number of esters is 2. The molecule has 9 heteroatoms. The number of unbranched alkanes of at least 4 members (excludes halogenated alkanes) is 17. The molecule has 95 heavy (non-hydrogen) atoms. The molecule has 0 saturated heterocycles. The molecule has 532 valence electrons. The van der Waals surface area contributed by atoms with Crippen LogP contribution < -0.4 is 5.11 Å². The third-order valence-electron chi connectivity index (χ3n) is 15.0. The minimum Gasteiger partial charge on any atom is -0.545 e. The van der Waals surface area contributed by atoms with Gasteiger partial charge in [-0.3, -0.25) is 9.59 Å². The van der Waals surface area contributed by atoms with Crippen molar-refractivity contribution in [1.82, 2.24) is 0 Å². The molecular formula is C86H135NO8. The van der Waals surface area contributed by atoms with E-state index in [0.717, 1.165) is 167 Å². The van der Waals surface area contributed by atoms with Crippen molar-refractivity contribution in [2.75, 3.05) is 47.5 Å². The van der Waals surface area contributed by atoms with Crippen LogP contribution in [-0.2, 0) is 33.3 Å². The van der Waals surface area contributed by atoms with E-state index in [2.05, 4.69) is 220 Å². The Balaban J connectivity index is 4.22. The average molecular weight is 1310 g/mol. The lowest BCUT2D eigenvalue weighted by molar-refractivity contribution is -0.870. The highest BCUT2D eigenvalue weighted by Crippen LogP contribution is 2.15. The molecule has 0 bridgehead atoms. The molecular weight excluding hydrogens is 1170 g/mol. The Morgan fingerprint density at radius 2 is 0.568 bits per heavy atom. The van der Waals surface area contributed by atoms with Gasteiger partial charge in [0.25, 0.3) is 0 Å². The van der Waals surface area contributed by atoms with Crippen molar-refractivity contribution in [3.63, 3.8) is 0 Å². The molecule has 0 amide bonds. The van der Waals surface area contributed by atoms with Crippen LogP contribution in [0, 0.1) is 0 Å². The summed E-state index contributed by atoms with van der Waals surface area (Å²) in [6, 6.07) is 0. The zero-order chi connectivity index (χ0) is 69.0. The number of carboxylic acids is 1. The second kappa shape index (κ2) is 73.7. The van der Waals surface area contributed by atoms with Gasteiger partial charge in [-0.2, -0.15) is 0 Å². The number of hydrogen-bond donors (Lipinski definition) is 0. The van der Waals surface area contributed by atoms with E-state index in [0.29, 0.717) is 17.4 Å². The number of carbonyl (C=O) groups is 3. The van der Waals surface area contributed by atoms with Crippen LogP contribution in [0.25, 0.3) is 0 Å². The second-order valence-corrected chi connectivity index (χ2v) is 25.1. The van der Waals surface area contributed by atoms with Gasteiger partial charge in [0.15, 0.2) is 12.4 Å². The van der Waals surface area contributed by atoms with Crippen molar-refractivity contribution in [2.45, 2.75) is 270 Å². The summed E-state index contributed by atoms with van der Waals surface area (Å²) in [6.07, 6.45) is 112. The number of rotatable bonds is 66. The largest absolute Gasteiger partial charge is 0.545 e. The van der Waals surface area contributed by atoms with Crippen LogP contribution in [0.1, 0.15) is 258 Å². The summed E-state index contributed by atoms with van der Waals surface area (Å²) in [5.74, 6) is -2.33. The maximum atomic E-state index is 13.0. The van der Waals surface area contributed by atoms with E-state index in [1.165, 1.54) is 57.8 Å². The van der Waals surface area contributed by atoms with Crippen molar-refractivity contribution in [1.29, 1.82) is 0 Å². The maximum Gasteiger partial charge on any atom is 0.306 e. The minimum absolute atomic E-state index is 0.132. The zero-order valence-electron chi connectivity index (χ0n) is 60.7. The van der Waals surface area contributed by atoms with Crippen LogP contribution in [0.15, 0.2) is 207 Å².